The van der Waals surface area contributed by atoms with Gasteiger partial charge < -0.3 is 9.64 Å². The number of fused-ring (bicyclic) bond motifs is 1. The minimum absolute atomic E-state index is 0.0588. The Morgan fingerprint density at radius 1 is 1.00 bits per heavy atom. The van der Waals surface area contributed by atoms with Crippen LogP contribution in [-0.4, -0.2) is 62.1 Å². The Labute approximate surface area is 184 Å². The van der Waals surface area contributed by atoms with Crippen molar-refractivity contribution in [3.63, 3.8) is 0 Å². The van der Waals surface area contributed by atoms with Crippen molar-refractivity contribution in [1.29, 1.82) is 0 Å². The first-order valence-electron chi connectivity index (χ1n) is 10.9. The molecule has 0 bridgehead atoms. The summed E-state index contributed by atoms with van der Waals surface area (Å²) in [4.78, 5) is 14.7. The van der Waals surface area contributed by atoms with E-state index in [2.05, 4.69) is 0 Å². The number of ether oxygens (including phenoxy) is 1. The number of nitrogens with zero attached hydrogens (tertiary/aromatic N) is 2. The molecule has 7 heteroatoms. The number of methoxy groups -OCH3 is 1. The van der Waals surface area contributed by atoms with Gasteiger partial charge in [0.2, 0.25) is 15.9 Å². The molecule has 2 saturated heterocycles. The van der Waals surface area contributed by atoms with E-state index in [1.807, 2.05) is 59.5 Å². The number of benzene rings is 2. The van der Waals surface area contributed by atoms with Crippen LogP contribution in [0.3, 0.4) is 0 Å². The molecular formula is C24H30N2O4S. The Hall–Kier alpha value is -2.38. The van der Waals surface area contributed by atoms with Gasteiger partial charge in [0, 0.05) is 26.2 Å². The van der Waals surface area contributed by atoms with Crippen LogP contribution in [0.25, 0.3) is 0 Å². The quantitative estimate of drug-likeness (QED) is 0.690. The summed E-state index contributed by atoms with van der Waals surface area (Å²) in [6, 6.07) is 17.5. The van der Waals surface area contributed by atoms with Crippen molar-refractivity contribution in [3.05, 3.63) is 65.7 Å². The highest BCUT2D eigenvalue weighted by Crippen LogP contribution is 2.34. The first kappa shape index (κ1) is 21.8. The lowest BCUT2D eigenvalue weighted by molar-refractivity contribution is -0.130. The Balaban J connectivity index is 1.34. The number of hydrogen-bond donors (Lipinski definition) is 0. The van der Waals surface area contributed by atoms with E-state index in [1.54, 1.807) is 11.4 Å². The highest BCUT2D eigenvalue weighted by Gasteiger charge is 2.46. The first-order chi connectivity index (χ1) is 15.0. The van der Waals surface area contributed by atoms with Crippen LogP contribution in [0, 0.1) is 5.92 Å². The molecule has 0 spiro atoms. The summed E-state index contributed by atoms with van der Waals surface area (Å²) >= 11 is 0. The maximum Gasteiger partial charge on any atom is 0.226 e. The molecule has 0 aliphatic carbocycles. The summed E-state index contributed by atoms with van der Waals surface area (Å²) in [6.07, 6.45) is 2.31. The second-order valence-corrected chi connectivity index (χ2v) is 10.6. The van der Waals surface area contributed by atoms with Crippen molar-refractivity contribution in [2.75, 3.05) is 33.3 Å². The number of amides is 1. The van der Waals surface area contributed by atoms with Crippen LogP contribution in [0.4, 0.5) is 0 Å². The minimum atomic E-state index is -3.32. The molecule has 2 aromatic carbocycles. The molecule has 4 rings (SSSR count). The second-order valence-electron chi connectivity index (χ2n) is 8.42. The SMILES string of the molecule is COc1ccc(CC(=O)N2CC[C@@H]3CN(CCc4ccccc4)S(=O)(=O)[C@@H]3CC2)cc1. The van der Waals surface area contributed by atoms with Gasteiger partial charge in [-0.3, -0.25) is 4.79 Å². The summed E-state index contributed by atoms with van der Waals surface area (Å²) < 4.78 is 33.1. The molecule has 0 aromatic heterocycles. The summed E-state index contributed by atoms with van der Waals surface area (Å²) in [7, 11) is -1.70. The third kappa shape index (κ3) is 4.93. The lowest BCUT2D eigenvalue weighted by Crippen LogP contribution is -2.36. The van der Waals surface area contributed by atoms with E-state index in [9.17, 15) is 13.2 Å². The fraction of sp³-hybridized carbons (Fsp3) is 0.458. The van der Waals surface area contributed by atoms with E-state index < -0.39 is 10.0 Å². The van der Waals surface area contributed by atoms with Crippen LogP contribution in [-0.2, 0) is 27.7 Å². The zero-order chi connectivity index (χ0) is 21.8. The monoisotopic (exact) mass is 442 g/mol. The van der Waals surface area contributed by atoms with Crippen molar-refractivity contribution in [2.24, 2.45) is 5.92 Å². The van der Waals surface area contributed by atoms with Gasteiger partial charge in [0.05, 0.1) is 18.8 Å². The molecule has 166 valence electrons. The van der Waals surface area contributed by atoms with Crippen LogP contribution >= 0.6 is 0 Å². The predicted molar refractivity (Wildman–Crippen MR) is 120 cm³/mol. The third-order valence-electron chi connectivity index (χ3n) is 6.52. The molecule has 31 heavy (non-hydrogen) atoms. The molecule has 0 saturated carbocycles. The summed E-state index contributed by atoms with van der Waals surface area (Å²) in [5.41, 5.74) is 2.09. The van der Waals surface area contributed by atoms with Gasteiger partial charge in [-0.25, -0.2) is 12.7 Å². The van der Waals surface area contributed by atoms with Crippen molar-refractivity contribution < 1.29 is 17.9 Å². The zero-order valence-corrected chi connectivity index (χ0v) is 18.8. The second kappa shape index (κ2) is 9.40. The van der Waals surface area contributed by atoms with Gasteiger partial charge >= 0.3 is 0 Å². The largest absolute Gasteiger partial charge is 0.497 e. The molecule has 0 radical (unpaired) electrons. The van der Waals surface area contributed by atoms with E-state index in [1.165, 1.54) is 0 Å². The molecule has 2 aliphatic rings. The van der Waals surface area contributed by atoms with E-state index in [-0.39, 0.29) is 17.1 Å². The maximum atomic E-state index is 13.1. The van der Waals surface area contributed by atoms with Gasteiger partial charge in [-0.15, -0.1) is 0 Å². The Kier molecular flexibility index (Phi) is 6.62. The maximum absolute atomic E-state index is 13.1. The molecule has 0 N–H and O–H groups in total. The molecule has 2 atom stereocenters. The smallest absolute Gasteiger partial charge is 0.226 e. The molecule has 2 heterocycles. The summed E-state index contributed by atoms with van der Waals surface area (Å²) in [5, 5.41) is -0.373. The summed E-state index contributed by atoms with van der Waals surface area (Å²) in [5.74, 6) is 0.920. The fourth-order valence-electron chi connectivity index (χ4n) is 4.69. The standard InChI is InChI=1S/C24H30N2O4S/c1-30-22-9-7-20(8-10-22)17-24(27)25-14-12-21-18-26(31(28,29)23(21)13-15-25)16-11-19-5-3-2-4-6-19/h2-10,21,23H,11-18H2,1H3/t21-,23-/m1/s1. The average Bonchev–Trinajstić information content (AvgIpc) is 2.91. The number of hydrogen-bond acceptors (Lipinski definition) is 4. The number of likely N-dealkylation sites (tertiary alicyclic amines) is 1. The summed E-state index contributed by atoms with van der Waals surface area (Å²) in [6.45, 7) is 2.22. The lowest BCUT2D eigenvalue weighted by Gasteiger charge is -2.22. The Morgan fingerprint density at radius 3 is 2.42 bits per heavy atom. The van der Waals surface area contributed by atoms with E-state index in [4.69, 9.17) is 4.74 Å². The number of sulfonamides is 1. The molecule has 2 aliphatic heterocycles. The number of rotatable bonds is 6. The normalized spacial score (nSPS) is 23.2. The Bertz CT molecular complexity index is 992. The van der Waals surface area contributed by atoms with Crippen LogP contribution in [0.2, 0.25) is 0 Å². The van der Waals surface area contributed by atoms with E-state index in [0.717, 1.165) is 29.7 Å². The molecule has 0 unspecified atom stereocenters. The highest BCUT2D eigenvalue weighted by molar-refractivity contribution is 7.90. The highest BCUT2D eigenvalue weighted by atomic mass is 32.2. The van der Waals surface area contributed by atoms with Crippen LogP contribution < -0.4 is 4.74 Å². The van der Waals surface area contributed by atoms with E-state index in [0.29, 0.717) is 39.0 Å². The molecule has 1 amide bonds. The van der Waals surface area contributed by atoms with Crippen molar-refractivity contribution in [3.8, 4) is 5.75 Å². The third-order valence-corrected chi connectivity index (χ3v) is 8.96. The van der Waals surface area contributed by atoms with Crippen LogP contribution in [0.15, 0.2) is 54.6 Å². The van der Waals surface area contributed by atoms with Gasteiger partial charge in [-0.1, -0.05) is 42.5 Å². The predicted octanol–water partition coefficient (Wildman–Crippen LogP) is 2.73. The lowest BCUT2D eigenvalue weighted by atomic mass is 10.0. The average molecular weight is 443 g/mol. The van der Waals surface area contributed by atoms with Crippen LogP contribution in [0.1, 0.15) is 24.0 Å². The zero-order valence-electron chi connectivity index (χ0n) is 17.9. The topological polar surface area (TPSA) is 66.9 Å². The molecule has 2 aromatic rings. The van der Waals surface area contributed by atoms with Gasteiger partial charge in [-0.05, 0) is 48.4 Å². The molecule has 2 fully saturated rings. The van der Waals surface area contributed by atoms with Gasteiger partial charge in [0.1, 0.15) is 5.75 Å². The Morgan fingerprint density at radius 2 is 1.71 bits per heavy atom. The van der Waals surface area contributed by atoms with Crippen molar-refractivity contribution in [2.45, 2.75) is 30.9 Å². The molecule has 6 nitrogen and oxygen atoms in total. The van der Waals surface area contributed by atoms with Gasteiger partial charge in [-0.2, -0.15) is 0 Å². The van der Waals surface area contributed by atoms with Gasteiger partial charge in [0.15, 0.2) is 0 Å². The van der Waals surface area contributed by atoms with Crippen molar-refractivity contribution >= 4 is 15.9 Å². The number of carbonyl (C=O) groups excluding carboxylic acids is 1. The number of carbonyl (C=O) groups is 1. The van der Waals surface area contributed by atoms with Crippen LogP contribution in [0.5, 0.6) is 5.75 Å². The minimum Gasteiger partial charge on any atom is -0.497 e. The molecular weight excluding hydrogens is 412 g/mol. The van der Waals surface area contributed by atoms with Crippen molar-refractivity contribution in [1.82, 2.24) is 9.21 Å². The van der Waals surface area contributed by atoms with Gasteiger partial charge in [0.25, 0.3) is 0 Å². The first-order valence-corrected chi connectivity index (χ1v) is 12.4. The van der Waals surface area contributed by atoms with E-state index >= 15 is 0 Å². The fourth-order valence-corrected chi connectivity index (χ4v) is 6.93.